The number of hydrogen-bond acceptors (Lipinski definition) is 3. The molecule has 6 heteroatoms. The highest BCUT2D eigenvalue weighted by Crippen LogP contribution is 2.23. The fourth-order valence-corrected chi connectivity index (χ4v) is 2.91. The predicted molar refractivity (Wildman–Crippen MR) is 78.7 cm³/mol. The highest BCUT2D eigenvalue weighted by atomic mass is 79.9. The molecule has 0 atom stereocenters. The van der Waals surface area contributed by atoms with Crippen molar-refractivity contribution in [2.45, 2.75) is 26.4 Å². The van der Waals surface area contributed by atoms with Crippen LogP contribution in [-0.4, -0.2) is 31.5 Å². The maximum atomic E-state index is 4.52. The fraction of sp³-hybridized carbons (Fsp3) is 0.538. The van der Waals surface area contributed by atoms with E-state index in [0.717, 1.165) is 29.7 Å². The van der Waals surface area contributed by atoms with Crippen LogP contribution in [-0.2, 0) is 33.6 Å². The van der Waals surface area contributed by atoms with E-state index in [2.05, 4.69) is 45.0 Å². The van der Waals surface area contributed by atoms with E-state index in [4.69, 9.17) is 0 Å². The lowest BCUT2D eigenvalue weighted by atomic mass is 10.3. The molecule has 0 aliphatic carbocycles. The van der Waals surface area contributed by atoms with Gasteiger partial charge in [0.15, 0.2) is 0 Å². The van der Waals surface area contributed by atoms with E-state index in [0.29, 0.717) is 0 Å². The van der Waals surface area contributed by atoms with Gasteiger partial charge < -0.3 is 0 Å². The summed E-state index contributed by atoms with van der Waals surface area (Å²) in [7, 11) is 6.05. The Morgan fingerprint density at radius 2 is 2.05 bits per heavy atom. The molecule has 0 saturated heterocycles. The van der Waals surface area contributed by atoms with Gasteiger partial charge in [-0.1, -0.05) is 6.92 Å². The van der Waals surface area contributed by atoms with Crippen molar-refractivity contribution in [3.05, 3.63) is 33.8 Å². The topological polar surface area (TPSA) is 38.9 Å². The number of hydrogen-bond donors (Lipinski definition) is 0. The Kier molecular flexibility index (Phi) is 4.42. The lowest BCUT2D eigenvalue weighted by molar-refractivity contribution is 0.309. The van der Waals surface area contributed by atoms with Gasteiger partial charge >= 0.3 is 0 Å². The third-order valence-corrected chi connectivity index (χ3v) is 4.05. The molecule has 2 heterocycles. The maximum absolute atomic E-state index is 4.52. The Labute approximate surface area is 122 Å². The molecule has 104 valence electrons. The van der Waals surface area contributed by atoms with Crippen molar-refractivity contribution in [3.63, 3.8) is 0 Å². The zero-order chi connectivity index (χ0) is 14.0. The van der Waals surface area contributed by atoms with Crippen LogP contribution in [0, 0.1) is 0 Å². The minimum absolute atomic E-state index is 0.860. The van der Waals surface area contributed by atoms with E-state index in [1.54, 1.807) is 0 Å². The molecular weight excluding hydrogens is 306 g/mol. The first kappa shape index (κ1) is 14.3. The third kappa shape index (κ3) is 3.25. The van der Waals surface area contributed by atoms with Gasteiger partial charge in [-0.3, -0.25) is 14.3 Å². The second-order valence-corrected chi connectivity index (χ2v) is 5.67. The summed E-state index contributed by atoms with van der Waals surface area (Å²) in [6, 6.07) is 0. The molecule has 0 aliphatic heterocycles. The monoisotopic (exact) mass is 325 g/mol. The first-order valence-corrected chi connectivity index (χ1v) is 7.16. The molecule has 0 aromatic carbocycles. The van der Waals surface area contributed by atoms with Crippen molar-refractivity contribution in [1.82, 2.24) is 24.5 Å². The highest BCUT2D eigenvalue weighted by Gasteiger charge is 2.14. The van der Waals surface area contributed by atoms with Crippen LogP contribution >= 0.6 is 15.9 Å². The molecule has 0 fully saturated rings. The lowest BCUT2D eigenvalue weighted by Gasteiger charge is -2.16. The quantitative estimate of drug-likeness (QED) is 0.845. The molecule has 0 radical (unpaired) electrons. The first-order chi connectivity index (χ1) is 9.01. The zero-order valence-electron chi connectivity index (χ0n) is 11.9. The summed E-state index contributed by atoms with van der Waals surface area (Å²) >= 11 is 3.65. The van der Waals surface area contributed by atoms with Crippen molar-refractivity contribution in [2.75, 3.05) is 7.05 Å². The SMILES string of the molecule is CCc1nn(C)c(CN(C)Cc2cnn(C)c2)c1Br. The van der Waals surface area contributed by atoms with Crippen molar-refractivity contribution in [2.24, 2.45) is 14.1 Å². The van der Waals surface area contributed by atoms with Crippen LogP contribution in [0.4, 0.5) is 0 Å². The van der Waals surface area contributed by atoms with Crippen molar-refractivity contribution < 1.29 is 0 Å². The van der Waals surface area contributed by atoms with E-state index in [1.807, 2.05) is 35.9 Å². The molecule has 2 rings (SSSR count). The van der Waals surface area contributed by atoms with Crippen LogP contribution in [0.25, 0.3) is 0 Å². The summed E-state index contributed by atoms with van der Waals surface area (Å²) < 4.78 is 4.93. The Balaban J connectivity index is 2.06. The predicted octanol–water partition coefficient (Wildman–Crippen LogP) is 2.11. The summed E-state index contributed by atoms with van der Waals surface area (Å²) in [4.78, 5) is 2.26. The summed E-state index contributed by atoms with van der Waals surface area (Å²) in [5, 5.41) is 8.71. The second-order valence-electron chi connectivity index (χ2n) is 4.88. The van der Waals surface area contributed by atoms with Crippen LogP contribution in [0.1, 0.15) is 23.9 Å². The van der Waals surface area contributed by atoms with Gasteiger partial charge in [-0.15, -0.1) is 0 Å². The van der Waals surface area contributed by atoms with Crippen LogP contribution < -0.4 is 0 Å². The number of nitrogens with zero attached hydrogens (tertiary/aromatic N) is 5. The van der Waals surface area contributed by atoms with Crippen LogP contribution in [0.3, 0.4) is 0 Å². The molecule has 0 unspecified atom stereocenters. The van der Waals surface area contributed by atoms with Crippen LogP contribution in [0.5, 0.6) is 0 Å². The van der Waals surface area contributed by atoms with Crippen LogP contribution in [0.2, 0.25) is 0 Å². The molecule has 0 saturated carbocycles. The average molecular weight is 326 g/mol. The number of aryl methyl sites for hydroxylation is 3. The smallest absolute Gasteiger partial charge is 0.0767 e. The van der Waals surface area contributed by atoms with Gasteiger partial charge in [0.1, 0.15) is 0 Å². The molecule has 2 aromatic heterocycles. The van der Waals surface area contributed by atoms with E-state index in [-0.39, 0.29) is 0 Å². The molecule has 0 spiro atoms. The number of halogens is 1. The Morgan fingerprint density at radius 1 is 1.32 bits per heavy atom. The molecule has 5 nitrogen and oxygen atoms in total. The Bertz CT molecular complexity index is 557. The zero-order valence-corrected chi connectivity index (χ0v) is 13.5. The van der Waals surface area contributed by atoms with Crippen LogP contribution in [0.15, 0.2) is 16.9 Å². The van der Waals surface area contributed by atoms with E-state index >= 15 is 0 Å². The lowest BCUT2D eigenvalue weighted by Crippen LogP contribution is -2.19. The number of rotatable bonds is 5. The minimum Gasteiger partial charge on any atom is -0.296 e. The van der Waals surface area contributed by atoms with Crippen molar-refractivity contribution >= 4 is 15.9 Å². The molecular formula is C13H20BrN5. The van der Waals surface area contributed by atoms with Gasteiger partial charge in [0.2, 0.25) is 0 Å². The van der Waals surface area contributed by atoms with E-state index in [1.165, 1.54) is 11.3 Å². The Morgan fingerprint density at radius 3 is 2.58 bits per heavy atom. The molecule has 2 aromatic rings. The summed E-state index contributed by atoms with van der Waals surface area (Å²) in [6.45, 7) is 3.86. The van der Waals surface area contributed by atoms with Gasteiger partial charge in [-0.25, -0.2) is 0 Å². The van der Waals surface area contributed by atoms with Crippen molar-refractivity contribution in [1.29, 1.82) is 0 Å². The normalized spacial score (nSPS) is 11.5. The highest BCUT2D eigenvalue weighted by molar-refractivity contribution is 9.10. The second kappa shape index (κ2) is 5.88. The largest absolute Gasteiger partial charge is 0.296 e. The van der Waals surface area contributed by atoms with Gasteiger partial charge in [-0.05, 0) is 29.4 Å². The Hall–Kier alpha value is -1.14. The minimum atomic E-state index is 0.860. The molecule has 0 N–H and O–H groups in total. The maximum Gasteiger partial charge on any atom is 0.0767 e. The summed E-state index contributed by atoms with van der Waals surface area (Å²) in [5.74, 6) is 0. The van der Waals surface area contributed by atoms with E-state index in [9.17, 15) is 0 Å². The molecule has 0 amide bonds. The average Bonchev–Trinajstić information content (AvgIpc) is 2.87. The molecule has 0 bridgehead atoms. The van der Waals surface area contributed by atoms with Gasteiger partial charge in [-0.2, -0.15) is 10.2 Å². The van der Waals surface area contributed by atoms with Gasteiger partial charge in [0.05, 0.1) is 22.1 Å². The van der Waals surface area contributed by atoms with E-state index < -0.39 is 0 Å². The van der Waals surface area contributed by atoms with Gasteiger partial charge in [0, 0.05) is 38.9 Å². The summed E-state index contributed by atoms with van der Waals surface area (Å²) in [6.07, 6.45) is 4.90. The number of aromatic nitrogens is 4. The van der Waals surface area contributed by atoms with Crippen molar-refractivity contribution in [3.8, 4) is 0 Å². The molecule has 19 heavy (non-hydrogen) atoms. The fourth-order valence-electron chi connectivity index (χ4n) is 2.17. The standard InChI is InChI=1S/C13H20BrN5/c1-5-11-13(14)12(19(4)16-11)9-17(2)7-10-6-15-18(3)8-10/h6,8H,5,7,9H2,1-4H3. The summed E-state index contributed by atoms with van der Waals surface area (Å²) in [5.41, 5.74) is 3.55. The van der Waals surface area contributed by atoms with Gasteiger partial charge in [0.25, 0.3) is 0 Å². The first-order valence-electron chi connectivity index (χ1n) is 6.37. The molecule has 0 aliphatic rings. The third-order valence-electron chi connectivity index (χ3n) is 3.13.